The van der Waals surface area contributed by atoms with E-state index in [0.29, 0.717) is 5.69 Å². The van der Waals surface area contributed by atoms with Crippen molar-refractivity contribution in [1.29, 1.82) is 0 Å². The van der Waals surface area contributed by atoms with Crippen molar-refractivity contribution in [2.24, 2.45) is 0 Å². The van der Waals surface area contributed by atoms with Crippen molar-refractivity contribution in [3.63, 3.8) is 0 Å². The Labute approximate surface area is 93.5 Å². The fourth-order valence-electron chi connectivity index (χ4n) is 1.91. The molecular weight excluding hydrogens is 204 g/mol. The molecule has 0 atom stereocenters. The first kappa shape index (κ1) is 10.5. The molecule has 1 amide bonds. The molecule has 2 N–H and O–H groups in total. The molecule has 0 bridgehead atoms. The summed E-state index contributed by atoms with van der Waals surface area (Å²) in [5.74, 6) is 0.121. The third kappa shape index (κ3) is 1.34. The minimum atomic E-state index is -0.123. The summed E-state index contributed by atoms with van der Waals surface area (Å²) in [4.78, 5) is 11.7. The zero-order valence-electron chi connectivity index (χ0n) is 9.53. The van der Waals surface area contributed by atoms with Crippen LogP contribution in [0.25, 0.3) is 5.52 Å². The van der Waals surface area contributed by atoms with Crippen LogP contribution >= 0.6 is 0 Å². The summed E-state index contributed by atoms with van der Waals surface area (Å²) in [6.45, 7) is 3.71. The maximum absolute atomic E-state index is 11.7. The van der Waals surface area contributed by atoms with Crippen molar-refractivity contribution < 1.29 is 9.90 Å². The number of hydrogen-bond donors (Lipinski definition) is 2. The fraction of sp³-hybridized carbons (Fsp3) is 0.250. The van der Waals surface area contributed by atoms with Gasteiger partial charge in [-0.1, -0.05) is 0 Å². The van der Waals surface area contributed by atoms with Gasteiger partial charge >= 0.3 is 0 Å². The minimum absolute atomic E-state index is 0.123. The Hall–Kier alpha value is -1.97. The highest BCUT2D eigenvalue weighted by atomic mass is 16.3. The lowest BCUT2D eigenvalue weighted by Crippen LogP contribution is -2.20. The monoisotopic (exact) mass is 218 g/mol. The minimum Gasteiger partial charge on any atom is -0.508 e. The van der Waals surface area contributed by atoms with E-state index in [1.54, 1.807) is 23.7 Å². The molecule has 2 heterocycles. The summed E-state index contributed by atoms with van der Waals surface area (Å²) in [5, 5.41) is 12.2. The molecule has 4 heteroatoms. The summed E-state index contributed by atoms with van der Waals surface area (Å²) in [6.07, 6.45) is 1.70. The van der Waals surface area contributed by atoms with Crippen molar-refractivity contribution >= 4 is 11.4 Å². The summed E-state index contributed by atoms with van der Waals surface area (Å²) in [5.41, 5.74) is 3.14. The molecular formula is C12H14N2O2. The van der Waals surface area contributed by atoms with Gasteiger partial charge in [0.15, 0.2) is 0 Å². The Morgan fingerprint density at radius 2 is 2.12 bits per heavy atom. The maximum atomic E-state index is 11.7. The summed E-state index contributed by atoms with van der Waals surface area (Å²) < 4.78 is 1.79. The molecule has 0 aliphatic heterocycles. The number of amides is 1. The Morgan fingerprint density at radius 3 is 2.75 bits per heavy atom. The Morgan fingerprint density at radius 1 is 1.44 bits per heavy atom. The highest BCUT2D eigenvalue weighted by Crippen LogP contribution is 2.25. The summed E-state index contributed by atoms with van der Waals surface area (Å²) in [7, 11) is 1.61. The Bertz CT molecular complexity index is 570. The fourth-order valence-corrected chi connectivity index (χ4v) is 1.91. The SMILES string of the molecule is CNC(=O)c1c(C)cc2c(C)c(O)ccn12. The smallest absolute Gasteiger partial charge is 0.268 e. The van der Waals surface area contributed by atoms with Gasteiger partial charge in [-0.2, -0.15) is 0 Å². The van der Waals surface area contributed by atoms with Crippen LogP contribution in [0.5, 0.6) is 5.75 Å². The number of aromatic hydroxyl groups is 1. The van der Waals surface area contributed by atoms with Crippen LogP contribution in [0.1, 0.15) is 21.6 Å². The lowest BCUT2D eigenvalue weighted by Gasteiger charge is -2.05. The highest BCUT2D eigenvalue weighted by Gasteiger charge is 2.15. The molecule has 0 radical (unpaired) electrons. The van der Waals surface area contributed by atoms with Crippen molar-refractivity contribution in [1.82, 2.24) is 9.72 Å². The van der Waals surface area contributed by atoms with E-state index >= 15 is 0 Å². The molecule has 2 aromatic heterocycles. The zero-order valence-corrected chi connectivity index (χ0v) is 9.53. The molecule has 84 valence electrons. The van der Waals surface area contributed by atoms with Crippen molar-refractivity contribution in [2.75, 3.05) is 7.05 Å². The van der Waals surface area contributed by atoms with E-state index in [-0.39, 0.29) is 11.7 Å². The standard InChI is InChI=1S/C12H14N2O2/c1-7-6-9-8(2)10(15)4-5-14(9)11(7)12(16)13-3/h4-6,15H,1-3H3,(H,13,16). The number of carbonyl (C=O) groups excluding carboxylic acids is 1. The average molecular weight is 218 g/mol. The van der Waals surface area contributed by atoms with Crippen molar-refractivity contribution in [2.45, 2.75) is 13.8 Å². The first-order valence-corrected chi connectivity index (χ1v) is 5.08. The largest absolute Gasteiger partial charge is 0.508 e. The van der Waals surface area contributed by atoms with E-state index in [2.05, 4.69) is 5.32 Å². The second-order valence-electron chi connectivity index (χ2n) is 3.84. The van der Waals surface area contributed by atoms with E-state index in [1.165, 1.54) is 0 Å². The summed E-state index contributed by atoms with van der Waals surface area (Å²) in [6, 6.07) is 3.49. The average Bonchev–Trinajstić information content (AvgIpc) is 2.60. The van der Waals surface area contributed by atoms with Crippen LogP contribution in [-0.2, 0) is 0 Å². The van der Waals surface area contributed by atoms with Gasteiger partial charge in [-0.05, 0) is 31.5 Å². The molecule has 0 aromatic carbocycles. The predicted octanol–water partition coefficient (Wildman–Crippen LogP) is 1.62. The number of nitrogens with zero attached hydrogens (tertiary/aromatic N) is 1. The lowest BCUT2D eigenvalue weighted by molar-refractivity contribution is 0.0956. The van der Waals surface area contributed by atoms with Gasteiger partial charge in [-0.15, -0.1) is 0 Å². The molecule has 0 saturated heterocycles. The topological polar surface area (TPSA) is 53.7 Å². The summed E-state index contributed by atoms with van der Waals surface area (Å²) >= 11 is 0. The molecule has 0 aliphatic carbocycles. The van der Waals surface area contributed by atoms with Crippen LogP contribution in [0.3, 0.4) is 0 Å². The van der Waals surface area contributed by atoms with Gasteiger partial charge in [0, 0.05) is 18.8 Å². The highest BCUT2D eigenvalue weighted by molar-refractivity contribution is 5.95. The lowest BCUT2D eigenvalue weighted by atomic mass is 10.2. The first-order chi connectivity index (χ1) is 7.56. The third-order valence-electron chi connectivity index (χ3n) is 2.82. The van der Waals surface area contributed by atoms with Gasteiger partial charge in [0.05, 0.1) is 5.52 Å². The maximum Gasteiger partial charge on any atom is 0.268 e. The molecule has 0 saturated carbocycles. The predicted molar refractivity (Wildman–Crippen MR) is 61.9 cm³/mol. The van der Waals surface area contributed by atoms with Gasteiger partial charge < -0.3 is 14.8 Å². The normalized spacial score (nSPS) is 10.7. The molecule has 16 heavy (non-hydrogen) atoms. The Kier molecular flexibility index (Phi) is 2.34. The number of carbonyl (C=O) groups is 1. The van der Waals surface area contributed by atoms with Gasteiger partial charge in [-0.3, -0.25) is 4.79 Å². The number of nitrogens with one attached hydrogen (secondary N) is 1. The van der Waals surface area contributed by atoms with E-state index in [4.69, 9.17) is 0 Å². The number of aromatic nitrogens is 1. The molecule has 0 spiro atoms. The van der Waals surface area contributed by atoms with Crippen molar-refractivity contribution in [3.8, 4) is 5.75 Å². The van der Waals surface area contributed by atoms with E-state index in [1.807, 2.05) is 19.9 Å². The van der Waals surface area contributed by atoms with Gasteiger partial charge in [0.25, 0.3) is 5.91 Å². The Balaban J connectivity index is 2.82. The molecule has 4 nitrogen and oxygen atoms in total. The first-order valence-electron chi connectivity index (χ1n) is 5.08. The van der Waals surface area contributed by atoms with Crippen molar-refractivity contribution in [3.05, 3.63) is 35.2 Å². The van der Waals surface area contributed by atoms with E-state index < -0.39 is 0 Å². The molecule has 2 rings (SSSR count). The molecule has 0 aliphatic rings. The van der Waals surface area contributed by atoms with Crippen LogP contribution in [-0.4, -0.2) is 22.5 Å². The van der Waals surface area contributed by atoms with Crippen LogP contribution in [0.2, 0.25) is 0 Å². The number of hydrogen-bond acceptors (Lipinski definition) is 2. The number of fused-ring (bicyclic) bond motifs is 1. The molecule has 2 aromatic rings. The van der Waals surface area contributed by atoms with Gasteiger partial charge in [0.2, 0.25) is 0 Å². The van der Waals surface area contributed by atoms with Gasteiger partial charge in [-0.25, -0.2) is 0 Å². The van der Waals surface area contributed by atoms with E-state index in [9.17, 15) is 9.90 Å². The van der Waals surface area contributed by atoms with Gasteiger partial charge in [0.1, 0.15) is 11.4 Å². The van der Waals surface area contributed by atoms with Crippen LogP contribution in [0.4, 0.5) is 0 Å². The van der Waals surface area contributed by atoms with E-state index in [0.717, 1.165) is 16.6 Å². The van der Waals surface area contributed by atoms with Crippen LogP contribution < -0.4 is 5.32 Å². The second kappa shape index (κ2) is 3.56. The number of aryl methyl sites for hydroxylation is 2. The van der Waals surface area contributed by atoms with Crippen LogP contribution in [0, 0.1) is 13.8 Å². The third-order valence-corrected chi connectivity index (χ3v) is 2.82. The molecule has 0 fully saturated rings. The molecule has 0 unspecified atom stereocenters. The second-order valence-corrected chi connectivity index (χ2v) is 3.84. The number of pyridine rings is 1. The zero-order chi connectivity index (χ0) is 11.9. The van der Waals surface area contributed by atoms with Crippen LogP contribution in [0.15, 0.2) is 18.3 Å². The number of rotatable bonds is 1. The quantitative estimate of drug-likeness (QED) is 0.764.